The van der Waals surface area contributed by atoms with E-state index >= 15 is 0 Å². The summed E-state index contributed by atoms with van der Waals surface area (Å²) in [7, 11) is 0. The molecule has 0 aliphatic heterocycles. The van der Waals surface area contributed by atoms with Crippen molar-refractivity contribution >= 4 is 5.91 Å². The lowest BCUT2D eigenvalue weighted by atomic mass is 10.1. The Kier molecular flexibility index (Phi) is 4.57. The zero-order valence-corrected chi connectivity index (χ0v) is 12.7. The molecule has 1 aliphatic rings. The third-order valence-corrected chi connectivity index (χ3v) is 4.23. The number of hydrogen-bond donors (Lipinski definition) is 2. The highest BCUT2D eigenvalue weighted by molar-refractivity contribution is 5.82. The first-order valence-electron chi connectivity index (χ1n) is 7.63. The normalized spacial score (nSPS) is 20.5. The number of halogens is 3. The van der Waals surface area contributed by atoms with E-state index in [4.69, 9.17) is 0 Å². The van der Waals surface area contributed by atoms with Gasteiger partial charge in [-0.15, -0.1) is 0 Å². The van der Waals surface area contributed by atoms with E-state index in [0.29, 0.717) is 12.0 Å². The van der Waals surface area contributed by atoms with E-state index in [1.165, 1.54) is 12.1 Å². The van der Waals surface area contributed by atoms with Gasteiger partial charge in [0.15, 0.2) is 0 Å². The van der Waals surface area contributed by atoms with Crippen molar-refractivity contribution in [2.24, 2.45) is 5.92 Å². The molecule has 0 saturated heterocycles. The fraction of sp³-hybridized carbons (Fsp3) is 0.278. The smallest absolute Gasteiger partial charge is 0.223 e. The summed E-state index contributed by atoms with van der Waals surface area (Å²) in [6.45, 7) is -0.308. The van der Waals surface area contributed by atoms with Gasteiger partial charge in [0.2, 0.25) is 5.91 Å². The first kappa shape index (κ1) is 16.5. The summed E-state index contributed by atoms with van der Waals surface area (Å²) in [6, 6.07) is 9.54. The highest BCUT2D eigenvalue weighted by atomic mass is 19.1. The van der Waals surface area contributed by atoms with Gasteiger partial charge in [0.25, 0.3) is 0 Å². The largest absolute Gasteiger partial charge is 0.386 e. The van der Waals surface area contributed by atoms with Crippen LogP contribution in [0.25, 0.3) is 0 Å². The minimum Gasteiger partial charge on any atom is -0.386 e. The van der Waals surface area contributed by atoms with E-state index in [-0.39, 0.29) is 30.1 Å². The van der Waals surface area contributed by atoms with E-state index in [9.17, 15) is 23.1 Å². The number of rotatable bonds is 5. The summed E-state index contributed by atoms with van der Waals surface area (Å²) >= 11 is 0. The predicted molar refractivity (Wildman–Crippen MR) is 81.6 cm³/mol. The average molecular weight is 335 g/mol. The molecule has 0 heterocycles. The van der Waals surface area contributed by atoms with E-state index in [2.05, 4.69) is 5.32 Å². The lowest BCUT2D eigenvalue weighted by Crippen LogP contribution is -2.30. The Hall–Kier alpha value is -2.34. The van der Waals surface area contributed by atoms with Crippen LogP contribution in [0.1, 0.15) is 29.6 Å². The molecule has 0 spiro atoms. The van der Waals surface area contributed by atoms with Gasteiger partial charge >= 0.3 is 0 Å². The van der Waals surface area contributed by atoms with Gasteiger partial charge in [0.1, 0.15) is 23.6 Å². The Balaban J connectivity index is 1.58. The Morgan fingerprint density at radius 1 is 1.08 bits per heavy atom. The van der Waals surface area contributed by atoms with Crippen LogP contribution in [0.15, 0.2) is 42.5 Å². The van der Waals surface area contributed by atoms with Gasteiger partial charge in [-0.3, -0.25) is 4.79 Å². The van der Waals surface area contributed by atoms with E-state index in [0.717, 1.165) is 12.1 Å². The summed E-state index contributed by atoms with van der Waals surface area (Å²) in [5.41, 5.74) is 0.0117. The standard InChI is InChI=1S/C18H16F3NO2/c19-13-5-2-1-4-10(13)11-8-12(11)18(24)22-9-16(23)17-14(20)6-3-7-15(17)21/h1-7,11-12,16,23H,8-9H2,(H,22,24). The van der Waals surface area contributed by atoms with Crippen molar-refractivity contribution in [3.05, 3.63) is 71.0 Å². The first-order chi connectivity index (χ1) is 11.5. The van der Waals surface area contributed by atoms with Crippen LogP contribution in [0.3, 0.4) is 0 Å². The monoisotopic (exact) mass is 335 g/mol. The van der Waals surface area contributed by atoms with Gasteiger partial charge in [0, 0.05) is 12.5 Å². The lowest BCUT2D eigenvalue weighted by molar-refractivity contribution is -0.122. The second kappa shape index (κ2) is 6.65. The molecule has 2 aromatic rings. The molecule has 0 radical (unpaired) electrons. The number of aliphatic hydroxyl groups is 1. The van der Waals surface area contributed by atoms with Gasteiger partial charge < -0.3 is 10.4 Å². The molecule has 3 atom stereocenters. The maximum Gasteiger partial charge on any atom is 0.223 e. The topological polar surface area (TPSA) is 49.3 Å². The molecule has 1 amide bonds. The second-order valence-electron chi connectivity index (χ2n) is 5.87. The van der Waals surface area contributed by atoms with Gasteiger partial charge in [-0.2, -0.15) is 0 Å². The average Bonchev–Trinajstić information content (AvgIpc) is 3.33. The van der Waals surface area contributed by atoms with E-state index < -0.39 is 23.3 Å². The van der Waals surface area contributed by atoms with Crippen molar-refractivity contribution in [1.29, 1.82) is 0 Å². The minimum atomic E-state index is -1.49. The molecule has 3 rings (SSSR count). The predicted octanol–water partition coefficient (Wildman–Crippen LogP) is 3.06. The highest BCUT2D eigenvalue weighted by Crippen LogP contribution is 2.48. The number of nitrogens with one attached hydrogen (secondary N) is 1. The Morgan fingerprint density at radius 2 is 1.71 bits per heavy atom. The van der Waals surface area contributed by atoms with Crippen LogP contribution >= 0.6 is 0 Å². The number of carbonyl (C=O) groups is 1. The number of carbonyl (C=O) groups excluding carboxylic acids is 1. The maximum absolute atomic E-state index is 13.7. The van der Waals surface area contributed by atoms with Crippen molar-refractivity contribution in [2.75, 3.05) is 6.54 Å². The molecule has 3 unspecified atom stereocenters. The van der Waals surface area contributed by atoms with Crippen molar-refractivity contribution in [1.82, 2.24) is 5.32 Å². The molecule has 3 nitrogen and oxygen atoms in total. The van der Waals surface area contributed by atoms with Crippen molar-refractivity contribution < 1.29 is 23.1 Å². The summed E-state index contributed by atoms with van der Waals surface area (Å²) in [6.07, 6.45) is -0.975. The number of amides is 1. The molecular weight excluding hydrogens is 319 g/mol. The Labute approximate surface area is 137 Å². The summed E-state index contributed by atoms with van der Waals surface area (Å²) in [4.78, 5) is 12.1. The van der Waals surface area contributed by atoms with Crippen molar-refractivity contribution in [3.8, 4) is 0 Å². The van der Waals surface area contributed by atoms with Gasteiger partial charge in [-0.25, -0.2) is 13.2 Å². The number of aliphatic hydroxyl groups excluding tert-OH is 1. The fourth-order valence-corrected chi connectivity index (χ4v) is 2.86. The van der Waals surface area contributed by atoms with Crippen LogP contribution < -0.4 is 5.32 Å². The zero-order chi connectivity index (χ0) is 17.3. The lowest BCUT2D eigenvalue weighted by Gasteiger charge is -2.14. The molecule has 0 bridgehead atoms. The van der Waals surface area contributed by atoms with Crippen LogP contribution in [-0.2, 0) is 4.79 Å². The number of benzene rings is 2. The molecule has 24 heavy (non-hydrogen) atoms. The third-order valence-electron chi connectivity index (χ3n) is 4.23. The highest BCUT2D eigenvalue weighted by Gasteiger charge is 2.45. The molecule has 1 saturated carbocycles. The van der Waals surface area contributed by atoms with Gasteiger partial charge in [-0.05, 0) is 36.1 Å². The van der Waals surface area contributed by atoms with Crippen LogP contribution in [0, 0.1) is 23.4 Å². The van der Waals surface area contributed by atoms with Crippen LogP contribution in [0.5, 0.6) is 0 Å². The third kappa shape index (κ3) is 3.28. The summed E-state index contributed by atoms with van der Waals surface area (Å²) < 4.78 is 40.8. The first-order valence-corrected chi connectivity index (χ1v) is 7.63. The van der Waals surface area contributed by atoms with E-state index in [1.807, 2.05) is 0 Å². The quantitative estimate of drug-likeness (QED) is 0.882. The van der Waals surface area contributed by atoms with Crippen LogP contribution in [-0.4, -0.2) is 17.6 Å². The minimum absolute atomic E-state index is 0.200. The molecule has 0 aromatic heterocycles. The van der Waals surface area contributed by atoms with Crippen LogP contribution in [0.4, 0.5) is 13.2 Å². The van der Waals surface area contributed by atoms with Crippen molar-refractivity contribution in [2.45, 2.75) is 18.4 Å². The summed E-state index contributed by atoms with van der Waals surface area (Å²) in [5, 5.41) is 12.4. The molecular formula is C18H16F3NO2. The van der Waals surface area contributed by atoms with Crippen molar-refractivity contribution in [3.63, 3.8) is 0 Å². The molecule has 2 N–H and O–H groups in total. The zero-order valence-electron chi connectivity index (χ0n) is 12.7. The van der Waals surface area contributed by atoms with Crippen LogP contribution in [0.2, 0.25) is 0 Å². The Bertz CT molecular complexity index is 745. The molecule has 6 heteroatoms. The molecule has 2 aromatic carbocycles. The summed E-state index contributed by atoms with van der Waals surface area (Å²) in [5.74, 6) is -3.04. The fourth-order valence-electron chi connectivity index (χ4n) is 2.86. The molecule has 1 fully saturated rings. The Morgan fingerprint density at radius 3 is 2.38 bits per heavy atom. The van der Waals surface area contributed by atoms with Gasteiger partial charge in [0.05, 0.1) is 5.56 Å². The van der Waals surface area contributed by atoms with Gasteiger partial charge in [-0.1, -0.05) is 24.3 Å². The molecule has 1 aliphatic carbocycles. The number of hydrogen-bond acceptors (Lipinski definition) is 2. The van der Waals surface area contributed by atoms with E-state index in [1.54, 1.807) is 18.2 Å². The maximum atomic E-state index is 13.7. The SMILES string of the molecule is O=C(NCC(O)c1c(F)cccc1F)C1CC1c1ccccc1F. The molecule has 126 valence electrons. The second-order valence-corrected chi connectivity index (χ2v) is 5.87.